The van der Waals surface area contributed by atoms with E-state index in [1.807, 2.05) is 4.57 Å². The van der Waals surface area contributed by atoms with Gasteiger partial charge in [0.25, 0.3) is 0 Å². The number of aliphatic hydroxyl groups excluding tert-OH is 1. The summed E-state index contributed by atoms with van der Waals surface area (Å²) in [5.74, 6) is 0.871. The number of piperidine rings is 1. The normalized spacial score (nSPS) is 18.3. The van der Waals surface area contributed by atoms with E-state index >= 15 is 0 Å². The Kier molecular flexibility index (Phi) is 8.27. The maximum atomic E-state index is 12.0. The van der Waals surface area contributed by atoms with E-state index in [9.17, 15) is 13.5 Å². The van der Waals surface area contributed by atoms with Gasteiger partial charge in [-0.05, 0) is 50.6 Å². The van der Waals surface area contributed by atoms with Gasteiger partial charge in [0, 0.05) is 33.1 Å². The zero-order chi connectivity index (χ0) is 20.0. The molecule has 1 atom stereocenters. The quantitative estimate of drug-likeness (QED) is 0.603. The lowest BCUT2D eigenvalue weighted by Crippen LogP contribution is -2.38. The highest BCUT2D eigenvalue weighted by Gasteiger charge is 2.27. The average Bonchev–Trinajstić information content (AvgIpc) is 2.98. The zero-order valence-electron chi connectivity index (χ0n) is 17.1. The van der Waals surface area contributed by atoms with E-state index in [1.54, 1.807) is 13.3 Å². The van der Waals surface area contributed by atoms with Crippen molar-refractivity contribution in [2.45, 2.75) is 63.9 Å². The molecule has 1 aromatic heterocycles. The smallest absolute Gasteiger partial charge is 0.227 e. The SMILES string of the molecule is COCCCn1c(CN2CCC([C@@H](O)CC(C)C)CC2)cnc1S(C)(=O)=O. The summed E-state index contributed by atoms with van der Waals surface area (Å²) in [5.41, 5.74) is 0.924. The van der Waals surface area contributed by atoms with Crippen LogP contribution in [-0.2, 0) is 27.7 Å². The second kappa shape index (κ2) is 10.0. The number of nitrogens with zero attached hydrogens (tertiary/aromatic N) is 3. The first-order valence-electron chi connectivity index (χ1n) is 9.86. The van der Waals surface area contributed by atoms with Crippen molar-refractivity contribution in [1.82, 2.24) is 14.5 Å². The van der Waals surface area contributed by atoms with Crippen molar-refractivity contribution in [3.05, 3.63) is 11.9 Å². The molecule has 27 heavy (non-hydrogen) atoms. The fourth-order valence-corrected chi connectivity index (χ4v) is 4.67. The van der Waals surface area contributed by atoms with E-state index in [-0.39, 0.29) is 11.3 Å². The van der Waals surface area contributed by atoms with Crippen LogP contribution in [0.3, 0.4) is 0 Å². The molecule has 0 spiro atoms. The van der Waals surface area contributed by atoms with Crippen LogP contribution < -0.4 is 0 Å². The summed E-state index contributed by atoms with van der Waals surface area (Å²) in [4.78, 5) is 6.50. The third-order valence-corrected chi connectivity index (χ3v) is 6.23. The molecule has 1 saturated heterocycles. The Morgan fingerprint density at radius 1 is 1.33 bits per heavy atom. The molecule has 0 saturated carbocycles. The number of ether oxygens (including phenoxy) is 1. The van der Waals surface area contributed by atoms with Crippen LogP contribution in [0.25, 0.3) is 0 Å². The van der Waals surface area contributed by atoms with Gasteiger partial charge in [-0.1, -0.05) is 13.8 Å². The van der Waals surface area contributed by atoms with Gasteiger partial charge >= 0.3 is 0 Å². The van der Waals surface area contributed by atoms with Crippen LogP contribution >= 0.6 is 0 Å². The Morgan fingerprint density at radius 2 is 2.00 bits per heavy atom. The molecule has 1 aromatic rings. The van der Waals surface area contributed by atoms with Crippen LogP contribution in [0.1, 0.15) is 45.2 Å². The molecule has 0 aliphatic carbocycles. The van der Waals surface area contributed by atoms with Gasteiger partial charge in [0.1, 0.15) is 0 Å². The first-order chi connectivity index (χ1) is 12.7. The highest BCUT2D eigenvalue weighted by atomic mass is 32.2. The summed E-state index contributed by atoms with van der Waals surface area (Å²) in [7, 11) is -1.72. The van der Waals surface area contributed by atoms with Gasteiger partial charge in [0.05, 0.1) is 18.0 Å². The predicted molar refractivity (Wildman–Crippen MR) is 105 cm³/mol. The first kappa shape index (κ1) is 22.3. The van der Waals surface area contributed by atoms with Gasteiger partial charge in [-0.3, -0.25) is 4.90 Å². The lowest BCUT2D eigenvalue weighted by atomic mass is 9.87. The van der Waals surface area contributed by atoms with E-state index in [0.29, 0.717) is 31.5 Å². The molecule has 2 rings (SSSR count). The van der Waals surface area contributed by atoms with Crippen LogP contribution in [0.2, 0.25) is 0 Å². The number of aromatic nitrogens is 2. The minimum absolute atomic E-state index is 0.135. The molecule has 0 aromatic carbocycles. The highest BCUT2D eigenvalue weighted by Crippen LogP contribution is 2.26. The lowest BCUT2D eigenvalue weighted by Gasteiger charge is -2.34. The van der Waals surface area contributed by atoms with Crippen molar-refractivity contribution < 1.29 is 18.3 Å². The van der Waals surface area contributed by atoms with E-state index in [0.717, 1.165) is 44.5 Å². The number of imidazole rings is 1. The van der Waals surface area contributed by atoms with Crippen molar-refractivity contribution in [3.63, 3.8) is 0 Å². The van der Waals surface area contributed by atoms with Crippen molar-refractivity contribution >= 4 is 9.84 Å². The number of likely N-dealkylation sites (tertiary alicyclic amines) is 1. The van der Waals surface area contributed by atoms with Crippen molar-refractivity contribution in [1.29, 1.82) is 0 Å². The van der Waals surface area contributed by atoms with Crippen LogP contribution in [0.15, 0.2) is 11.4 Å². The van der Waals surface area contributed by atoms with Crippen molar-refractivity contribution in [3.8, 4) is 0 Å². The van der Waals surface area contributed by atoms with E-state index in [1.165, 1.54) is 6.26 Å². The van der Waals surface area contributed by atoms with Crippen LogP contribution in [0, 0.1) is 11.8 Å². The molecule has 1 aliphatic heterocycles. The third kappa shape index (κ3) is 6.55. The van der Waals surface area contributed by atoms with E-state index in [4.69, 9.17) is 4.74 Å². The van der Waals surface area contributed by atoms with E-state index < -0.39 is 9.84 Å². The Balaban J connectivity index is 2.00. The molecule has 0 radical (unpaired) electrons. The van der Waals surface area contributed by atoms with Gasteiger partial charge in [0.15, 0.2) is 0 Å². The number of hydrogen-bond donors (Lipinski definition) is 1. The Morgan fingerprint density at radius 3 is 2.56 bits per heavy atom. The van der Waals surface area contributed by atoms with Gasteiger partial charge in [-0.2, -0.15) is 0 Å². The lowest BCUT2D eigenvalue weighted by molar-refractivity contribution is 0.0430. The summed E-state index contributed by atoms with van der Waals surface area (Å²) in [6, 6.07) is 0. The van der Waals surface area contributed by atoms with Crippen LogP contribution in [0.5, 0.6) is 0 Å². The second-order valence-electron chi connectivity index (χ2n) is 8.11. The second-order valence-corrected chi connectivity index (χ2v) is 10.0. The summed E-state index contributed by atoms with van der Waals surface area (Å²) in [6.45, 7) is 7.96. The monoisotopic (exact) mass is 401 g/mol. The molecule has 1 aliphatic rings. The molecule has 2 heterocycles. The Hall–Kier alpha value is -0.960. The standard InChI is InChI=1S/C19H35N3O4S/c1-15(2)12-18(23)16-6-9-21(10-7-16)14-17-13-20-19(27(4,24)25)22(17)8-5-11-26-3/h13,15-16,18,23H,5-12,14H2,1-4H3/t18-/m0/s1. The average molecular weight is 402 g/mol. The van der Waals surface area contributed by atoms with Crippen molar-refractivity contribution in [2.24, 2.45) is 11.8 Å². The first-order valence-corrected chi connectivity index (χ1v) is 11.7. The summed E-state index contributed by atoms with van der Waals surface area (Å²) in [5, 5.41) is 10.5. The predicted octanol–water partition coefficient (Wildman–Crippen LogP) is 1.94. The maximum Gasteiger partial charge on any atom is 0.227 e. The van der Waals surface area contributed by atoms with Gasteiger partial charge in [-0.15, -0.1) is 0 Å². The van der Waals surface area contributed by atoms with Crippen LogP contribution in [-0.4, -0.2) is 67.1 Å². The maximum absolute atomic E-state index is 12.0. The number of hydrogen-bond acceptors (Lipinski definition) is 6. The summed E-state index contributed by atoms with van der Waals surface area (Å²) in [6.07, 6.45) is 6.22. The molecule has 156 valence electrons. The summed E-state index contributed by atoms with van der Waals surface area (Å²) >= 11 is 0. The number of aliphatic hydroxyl groups is 1. The minimum atomic E-state index is -3.36. The molecule has 0 unspecified atom stereocenters. The Bertz CT molecular complexity index is 679. The number of sulfone groups is 1. The largest absolute Gasteiger partial charge is 0.393 e. The van der Waals surface area contributed by atoms with Crippen LogP contribution in [0.4, 0.5) is 0 Å². The molecular formula is C19H35N3O4S. The molecule has 0 amide bonds. The molecule has 1 fully saturated rings. The minimum Gasteiger partial charge on any atom is -0.393 e. The Labute approximate surface area is 163 Å². The zero-order valence-corrected chi connectivity index (χ0v) is 17.9. The van der Waals surface area contributed by atoms with Gasteiger partial charge < -0.3 is 14.4 Å². The van der Waals surface area contributed by atoms with Gasteiger partial charge in [0.2, 0.25) is 15.0 Å². The summed E-state index contributed by atoms with van der Waals surface area (Å²) < 4.78 is 31.0. The van der Waals surface area contributed by atoms with Gasteiger partial charge in [-0.25, -0.2) is 13.4 Å². The fourth-order valence-electron chi connectivity index (χ4n) is 3.82. The highest BCUT2D eigenvalue weighted by molar-refractivity contribution is 7.90. The fraction of sp³-hybridized carbons (Fsp3) is 0.842. The number of methoxy groups -OCH3 is 1. The number of rotatable bonds is 10. The molecule has 0 bridgehead atoms. The molecular weight excluding hydrogens is 366 g/mol. The third-order valence-electron chi connectivity index (χ3n) is 5.24. The van der Waals surface area contributed by atoms with E-state index in [2.05, 4.69) is 23.7 Å². The topological polar surface area (TPSA) is 84.7 Å². The molecule has 7 nitrogen and oxygen atoms in total. The molecule has 1 N–H and O–H groups in total. The molecule has 8 heteroatoms. The van der Waals surface area contributed by atoms with Crippen molar-refractivity contribution in [2.75, 3.05) is 33.1 Å².